The first-order valence-electron chi connectivity index (χ1n) is 5.97. The van der Waals surface area contributed by atoms with Gasteiger partial charge in [0.15, 0.2) is 0 Å². The number of anilines is 1. The van der Waals surface area contributed by atoms with Gasteiger partial charge in [-0.3, -0.25) is 4.79 Å². The van der Waals surface area contributed by atoms with E-state index < -0.39 is 0 Å². The molecule has 0 heterocycles. The Bertz CT molecular complexity index is 444. The molecule has 1 aromatic rings. The third-order valence-electron chi connectivity index (χ3n) is 2.90. The number of benzene rings is 1. The number of nitrogens with one attached hydrogen (secondary N) is 1. The highest BCUT2D eigenvalue weighted by Crippen LogP contribution is 2.29. The number of aryl methyl sites for hydroxylation is 1. The molecule has 1 atom stereocenters. The number of alkyl halides is 1. The Morgan fingerprint density at radius 3 is 2.44 bits per heavy atom. The van der Waals surface area contributed by atoms with E-state index in [1.165, 1.54) is 0 Å². The Morgan fingerprint density at radius 1 is 1.33 bits per heavy atom. The minimum Gasteiger partial charge on any atom is -0.496 e. The molecule has 1 unspecified atom stereocenters. The van der Waals surface area contributed by atoms with Crippen molar-refractivity contribution < 1.29 is 9.53 Å². The lowest BCUT2D eigenvalue weighted by Gasteiger charge is -2.17. The Morgan fingerprint density at radius 2 is 1.94 bits per heavy atom. The fourth-order valence-electron chi connectivity index (χ4n) is 1.78. The van der Waals surface area contributed by atoms with E-state index in [0.717, 1.165) is 22.6 Å². The zero-order valence-corrected chi connectivity index (χ0v) is 13.1. The van der Waals surface area contributed by atoms with Crippen LogP contribution in [0.4, 0.5) is 5.69 Å². The van der Waals surface area contributed by atoms with Crippen LogP contribution in [0.3, 0.4) is 0 Å². The normalized spacial score (nSPS) is 12.4. The molecule has 1 rings (SSSR count). The van der Waals surface area contributed by atoms with E-state index in [4.69, 9.17) is 4.74 Å². The summed E-state index contributed by atoms with van der Waals surface area (Å²) in [6, 6.07) is 3.85. The van der Waals surface area contributed by atoms with Crippen LogP contribution in [0.5, 0.6) is 5.75 Å². The van der Waals surface area contributed by atoms with Gasteiger partial charge in [0.2, 0.25) is 5.91 Å². The molecule has 0 saturated carbocycles. The lowest BCUT2D eigenvalue weighted by molar-refractivity contribution is -0.116. The van der Waals surface area contributed by atoms with Gasteiger partial charge in [0.05, 0.1) is 11.9 Å². The summed E-state index contributed by atoms with van der Waals surface area (Å²) >= 11 is 3.40. The van der Waals surface area contributed by atoms with Gasteiger partial charge in [-0.25, -0.2) is 0 Å². The van der Waals surface area contributed by atoms with E-state index in [9.17, 15) is 4.79 Å². The van der Waals surface area contributed by atoms with Crippen molar-refractivity contribution in [2.75, 3.05) is 12.4 Å². The molecule has 0 aliphatic heterocycles. The molecule has 3 nitrogen and oxygen atoms in total. The van der Waals surface area contributed by atoms with Crippen LogP contribution >= 0.6 is 15.9 Å². The van der Waals surface area contributed by atoms with Crippen LogP contribution in [0.25, 0.3) is 0 Å². The average Bonchev–Trinajstić information content (AvgIpc) is 2.32. The van der Waals surface area contributed by atoms with Crippen LogP contribution in [0.2, 0.25) is 0 Å². The van der Waals surface area contributed by atoms with Crippen molar-refractivity contribution in [3.05, 3.63) is 23.3 Å². The fourth-order valence-corrected chi connectivity index (χ4v) is 1.90. The number of hydrogen-bond acceptors (Lipinski definition) is 2. The van der Waals surface area contributed by atoms with Crippen molar-refractivity contribution in [3.8, 4) is 5.75 Å². The summed E-state index contributed by atoms with van der Waals surface area (Å²) in [7, 11) is 1.64. The van der Waals surface area contributed by atoms with Gasteiger partial charge in [-0.1, -0.05) is 35.8 Å². The second-order valence-corrected chi connectivity index (χ2v) is 5.71. The topological polar surface area (TPSA) is 38.3 Å². The third-order valence-corrected chi connectivity index (χ3v) is 4.37. The molecule has 0 aromatic heterocycles. The number of rotatable bonds is 4. The lowest BCUT2D eigenvalue weighted by Crippen LogP contribution is -2.27. The first kappa shape index (κ1) is 15.0. The van der Waals surface area contributed by atoms with E-state index in [1.807, 2.05) is 39.8 Å². The van der Waals surface area contributed by atoms with Gasteiger partial charge in [-0.15, -0.1) is 0 Å². The summed E-state index contributed by atoms with van der Waals surface area (Å²) in [6.45, 7) is 7.93. The Kier molecular flexibility index (Phi) is 5.20. The number of amides is 1. The maximum absolute atomic E-state index is 12.0. The molecule has 0 spiro atoms. The second-order valence-electron chi connectivity index (χ2n) is 4.72. The molecule has 18 heavy (non-hydrogen) atoms. The van der Waals surface area contributed by atoms with Gasteiger partial charge >= 0.3 is 0 Å². The van der Waals surface area contributed by atoms with E-state index in [1.54, 1.807) is 7.11 Å². The monoisotopic (exact) mass is 313 g/mol. The molecule has 1 amide bonds. The van der Waals surface area contributed by atoms with Crippen molar-refractivity contribution in [1.29, 1.82) is 0 Å². The molecule has 0 radical (unpaired) electrons. The highest BCUT2D eigenvalue weighted by molar-refractivity contribution is 9.10. The van der Waals surface area contributed by atoms with E-state index in [0.29, 0.717) is 0 Å². The zero-order chi connectivity index (χ0) is 13.9. The molecular formula is C14H20BrNO2. The third kappa shape index (κ3) is 3.25. The molecule has 4 heteroatoms. The van der Waals surface area contributed by atoms with Crippen molar-refractivity contribution in [2.24, 2.45) is 5.92 Å². The summed E-state index contributed by atoms with van der Waals surface area (Å²) in [6.07, 6.45) is 0. The van der Waals surface area contributed by atoms with E-state index in [-0.39, 0.29) is 16.7 Å². The molecule has 100 valence electrons. The fraction of sp³-hybridized carbons (Fsp3) is 0.500. The van der Waals surface area contributed by atoms with Crippen LogP contribution < -0.4 is 10.1 Å². The second kappa shape index (κ2) is 6.23. The van der Waals surface area contributed by atoms with Crippen LogP contribution in [-0.2, 0) is 4.79 Å². The van der Waals surface area contributed by atoms with Gasteiger partial charge in [-0.05, 0) is 31.4 Å². The molecule has 0 fully saturated rings. The van der Waals surface area contributed by atoms with Crippen molar-refractivity contribution >= 4 is 27.5 Å². The summed E-state index contributed by atoms with van der Waals surface area (Å²) in [5.74, 6) is 1.04. The summed E-state index contributed by atoms with van der Waals surface area (Å²) < 4.78 is 5.34. The van der Waals surface area contributed by atoms with Gasteiger partial charge in [-0.2, -0.15) is 0 Å². The maximum Gasteiger partial charge on any atom is 0.238 e. The van der Waals surface area contributed by atoms with Gasteiger partial charge in [0, 0.05) is 11.3 Å². The molecule has 0 bridgehead atoms. The number of carbonyl (C=O) groups excluding carboxylic acids is 1. The van der Waals surface area contributed by atoms with Gasteiger partial charge < -0.3 is 10.1 Å². The first-order chi connectivity index (χ1) is 8.38. The van der Waals surface area contributed by atoms with Gasteiger partial charge in [0.1, 0.15) is 5.75 Å². The minimum atomic E-state index is -0.191. The number of ether oxygens (including phenoxy) is 1. The van der Waals surface area contributed by atoms with Crippen LogP contribution in [0, 0.1) is 19.8 Å². The molecule has 0 saturated heterocycles. The predicted molar refractivity (Wildman–Crippen MR) is 78.7 cm³/mol. The summed E-state index contributed by atoms with van der Waals surface area (Å²) in [4.78, 5) is 11.8. The highest BCUT2D eigenvalue weighted by atomic mass is 79.9. The zero-order valence-electron chi connectivity index (χ0n) is 11.5. The standard InChI is InChI=1S/C14H20BrNO2/c1-8(2)12(15)14(17)16-11-7-6-9(3)13(18-5)10(11)4/h6-8,12H,1-5H3,(H,16,17). The van der Waals surface area contributed by atoms with Crippen molar-refractivity contribution in [2.45, 2.75) is 32.5 Å². The van der Waals surface area contributed by atoms with Gasteiger partial charge in [0.25, 0.3) is 0 Å². The van der Waals surface area contributed by atoms with Crippen LogP contribution in [-0.4, -0.2) is 17.8 Å². The summed E-state index contributed by atoms with van der Waals surface area (Å²) in [5, 5.41) is 2.93. The Balaban J connectivity index is 2.96. The molecule has 0 aliphatic rings. The number of halogens is 1. The molecule has 1 aromatic carbocycles. The van der Waals surface area contributed by atoms with E-state index in [2.05, 4.69) is 21.2 Å². The Labute approximate surface area is 117 Å². The van der Waals surface area contributed by atoms with E-state index >= 15 is 0 Å². The average molecular weight is 314 g/mol. The molecule has 0 aliphatic carbocycles. The number of carbonyl (C=O) groups is 1. The minimum absolute atomic E-state index is 0.0287. The van der Waals surface area contributed by atoms with Crippen LogP contribution in [0.15, 0.2) is 12.1 Å². The highest BCUT2D eigenvalue weighted by Gasteiger charge is 2.19. The molecular weight excluding hydrogens is 294 g/mol. The van der Waals surface area contributed by atoms with Crippen LogP contribution in [0.1, 0.15) is 25.0 Å². The summed E-state index contributed by atoms with van der Waals surface area (Å²) in [5.41, 5.74) is 2.81. The Hall–Kier alpha value is -1.03. The largest absolute Gasteiger partial charge is 0.496 e. The first-order valence-corrected chi connectivity index (χ1v) is 6.89. The SMILES string of the molecule is COc1c(C)ccc(NC(=O)C(Br)C(C)C)c1C. The lowest BCUT2D eigenvalue weighted by atomic mass is 10.1. The quantitative estimate of drug-likeness (QED) is 0.861. The maximum atomic E-state index is 12.0. The smallest absolute Gasteiger partial charge is 0.238 e. The van der Waals surface area contributed by atoms with Crippen molar-refractivity contribution in [1.82, 2.24) is 0 Å². The number of hydrogen-bond donors (Lipinski definition) is 1. The predicted octanol–water partition coefficient (Wildman–Crippen LogP) is 3.67. The number of methoxy groups -OCH3 is 1. The van der Waals surface area contributed by atoms with Crippen molar-refractivity contribution in [3.63, 3.8) is 0 Å². The molecule has 1 N–H and O–H groups in total.